The number of aromatic nitrogens is 3. The zero-order valence-electron chi connectivity index (χ0n) is 17.4. The van der Waals surface area contributed by atoms with Crippen molar-refractivity contribution in [2.45, 2.75) is 25.3 Å². The molecule has 1 saturated heterocycles. The predicted molar refractivity (Wildman–Crippen MR) is 113 cm³/mol. The molecule has 8 nitrogen and oxygen atoms in total. The van der Waals surface area contributed by atoms with Crippen LogP contribution in [0.25, 0.3) is 16.8 Å². The highest BCUT2D eigenvalue weighted by atomic mass is 32.2. The van der Waals surface area contributed by atoms with Crippen LogP contribution in [0, 0.1) is 0 Å². The Morgan fingerprint density at radius 2 is 1.76 bits per heavy atom. The molecule has 0 spiro atoms. The number of aryl methyl sites for hydroxylation is 1. The molecule has 1 aromatic carbocycles. The molecule has 3 heterocycles. The summed E-state index contributed by atoms with van der Waals surface area (Å²) < 4.78 is 73.4. The quantitative estimate of drug-likeness (QED) is 0.554. The number of alkyl halides is 3. The first-order valence-electron chi connectivity index (χ1n) is 9.98. The Morgan fingerprint density at radius 3 is 2.33 bits per heavy atom. The van der Waals surface area contributed by atoms with Crippen LogP contribution in [0.5, 0.6) is 11.5 Å². The van der Waals surface area contributed by atoms with Gasteiger partial charge in [0.05, 0.1) is 17.7 Å². The lowest BCUT2D eigenvalue weighted by Crippen LogP contribution is -2.31. The predicted octanol–water partition coefficient (Wildman–Crippen LogP) is 3.09. The number of ether oxygens (including phenoxy) is 2. The monoisotopic (exact) mass is 483 g/mol. The summed E-state index contributed by atoms with van der Waals surface area (Å²) >= 11 is 0. The number of halogens is 3. The van der Waals surface area contributed by atoms with Crippen molar-refractivity contribution >= 4 is 9.84 Å². The second-order valence-electron chi connectivity index (χ2n) is 7.67. The smallest absolute Gasteiger partial charge is 0.489 e. The minimum absolute atomic E-state index is 0.0172. The van der Waals surface area contributed by atoms with E-state index >= 15 is 0 Å². The van der Waals surface area contributed by atoms with Gasteiger partial charge in [0.15, 0.2) is 9.84 Å². The van der Waals surface area contributed by atoms with E-state index in [-0.39, 0.29) is 23.4 Å². The molecule has 176 valence electrons. The van der Waals surface area contributed by atoms with E-state index < -0.39 is 27.5 Å². The van der Waals surface area contributed by atoms with Gasteiger partial charge in [-0.1, -0.05) is 0 Å². The lowest BCUT2D eigenvalue weighted by molar-refractivity contribution is -0.274. The van der Waals surface area contributed by atoms with E-state index in [0.29, 0.717) is 29.7 Å². The Hall–Kier alpha value is -3.28. The van der Waals surface area contributed by atoms with Gasteiger partial charge in [-0.15, -0.1) is 13.2 Å². The fourth-order valence-corrected chi connectivity index (χ4v) is 5.01. The second kappa shape index (κ2) is 8.58. The van der Waals surface area contributed by atoms with E-state index in [1.54, 1.807) is 24.1 Å². The molecule has 0 unspecified atom stereocenters. The number of rotatable bonds is 5. The third-order valence-electron chi connectivity index (χ3n) is 5.18. The van der Waals surface area contributed by atoms with Gasteiger partial charge in [-0.3, -0.25) is 14.0 Å². The van der Waals surface area contributed by atoms with E-state index in [1.165, 1.54) is 29.0 Å². The van der Waals surface area contributed by atoms with Gasteiger partial charge in [-0.05, 0) is 37.1 Å². The van der Waals surface area contributed by atoms with E-state index in [4.69, 9.17) is 4.74 Å². The van der Waals surface area contributed by atoms with Gasteiger partial charge in [0.25, 0.3) is 5.56 Å². The SMILES string of the molecule is Cn1cc(-c2cn(-c3ccc(OC(F)(F)F)cc3)c(=O)cc2OC2CCS(=O)(=O)CC2)cn1. The summed E-state index contributed by atoms with van der Waals surface area (Å²) in [5.41, 5.74) is 1.05. The van der Waals surface area contributed by atoms with Crippen molar-refractivity contribution in [3.8, 4) is 28.3 Å². The van der Waals surface area contributed by atoms with Crippen LogP contribution in [0.1, 0.15) is 12.8 Å². The maximum Gasteiger partial charge on any atom is 0.573 e. The first-order valence-corrected chi connectivity index (χ1v) is 11.8. The lowest BCUT2D eigenvalue weighted by atomic mass is 10.1. The molecule has 0 atom stereocenters. The van der Waals surface area contributed by atoms with Crippen LogP contribution in [-0.4, -0.2) is 46.7 Å². The summed E-state index contributed by atoms with van der Waals surface area (Å²) in [5.74, 6) is -0.0864. The highest BCUT2D eigenvalue weighted by molar-refractivity contribution is 7.91. The molecule has 0 amide bonds. The minimum atomic E-state index is -4.82. The summed E-state index contributed by atoms with van der Waals surface area (Å²) in [6.07, 6.45) is 0.289. The third kappa shape index (κ3) is 5.56. The van der Waals surface area contributed by atoms with Gasteiger partial charge in [0, 0.05) is 42.3 Å². The van der Waals surface area contributed by atoms with Crippen LogP contribution < -0.4 is 15.0 Å². The minimum Gasteiger partial charge on any atom is -0.489 e. The Bertz CT molecular complexity index is 1300. The molecule has 0 N–H and O–H groups in total. The number of hydrogen-bond acceptors (Lipinski definition) is 6. The van der Waals surface area contributed by atoms with E-state index in [2.05, 4.69) is 9.84 Å². The molecule has 0 aliphatic carbocycles. The third-order valence-corrected chi connectivity index (χ3v) is 6.89. The summed E-state index contributed by atoms with van der Waals surface area (Å²) in [6.45, 7) is 0. The molecular weight excluding hydrogens is 463 g/mol. The first-order chi connectivity index (χ1) is 15.5. The van der Waals surface area contributed by atoms with Gasteiger partial charge in [-0.2, -0.15) is 5.10 Å². The van der Waals surface area contributed by atoms with Crippen LogP contribution in [0.2, 0.25) is 0 Å². The first kappa shape index (κ1) is 22.9. The fourth-order valence-electron chi connectivity index (χ4n) is 3.57. The summed E-state index contributed by atoms with van der Waals surface area (Å²) in [5, 5.41) is 4.14. The molecule has 12 heteroatoms. The molecule has 1 aliphatic heterocycles. The number of nitrogens with zero attached hydrogens (tertiary/aromatic N) is 3. The Morgan fingerprint density at radius 1 is 1.09 bits per heavy atom. The number of benzene rings is 1. The highest BCUT2D eigenvalue weighted by Crippen LogP contribution is 2.32. The Labute approximate surface area is 187 Å². The number of hydrogen-bond donors (Lipinski definition) is 0. The summed E-state index contributed by atoms with van der Waals surface area (Å²) in [6, 6.07) is 6.19. The topological polar surface area (TPSA) is 92.4 Å². The molecular formula is C21H20F3N3O5S. The van der Waals surface area contributed by atoms with Gasteiger partial charge in [0.1, 0.15) is 17.6 Å². The molecule has 0 radical (unpaired) electrons. The highest BCUT2D eigenvalue weighted by Gasteiger charge is 2.31. The van der Waals surface area contributed by atoms with Gasteiger partial charge in [0.2, 0.25) is 0 Å². The van der Waals surface area contributed by atoms with Gasteiger partial charge in [-0.25, -0.2) is 8.42 Å². The van der Waals surface area contributed by atoms with E-state index in [9.17, 15) is 26.4 Å². The largest absolute Gasteiger partial charge is 0.573 e. The van der Waals surface area contributed by atoms with Crippen LogP contribution in [0.3, 0.4) is 0 Å². The summed E-state index contributed by atoms with van der Waals surface area (Å²) in [7, 11) is -1.35. The van der Waals surface area contributed by atoms with E-state index in [1.807, 2.05) is 0 Å². The lowest BCUT2D eigenvalue weighted by Gasteiger charge is -2.24. The van der Waals surface area contributed by atoms with Crippen LogP contribution in [0.4, 0.5) is 13.2 Å². The average molecular weight is 483 g/mol. The molecule has 1 fully saturated rings. The van der Waals surface area contributed by atoms with Crippen molar-refractivity contribution < 1.29 is 31.1 Å². The maximum absolute atomic E-state index is 12.8. The van der Waals surface area contributed by atoms with Crippen molar-refractivity contribution in [1.82, 2.24) is 14.3 Å². The van der Waals surface area contributed by atoms with Crippen molar-refractivity contribution in [3.63, 3.8) is 0 Å². The zero-order valence-corrected chi connectivity index (χ0v) is 18.3. The van der Waals surface area contributed by atoms with Crippen LogP contribution >= 0.6 is 0 Å². The number of sulfone groups is 1. The molecule has 33 heavy (non-hydrogen) atoms. The molecule has 1 aliphatic rings. The van der Waals surface area contributed by atoms with Crippen molar-refractivity contribution in [2.75, 3.05) is 11.5 Å². The van der Waals surface area contributed by atoms with Crippen LogP contribution in [0.15, 0.2) is 53.7 Å². The van der Waals surface area contributed by atoms with E-state index in [0.717, 1.165) is 12.1 Å². The summed E-state index contributed by atoms with van der Waals surface area (Å²) in [4.78, 5) is 12.8. The van der Waals surface area contributed by atoms with Crippen LogP contribution in [-0.2, 0) is 16.9 Å². The van der Waals surface area contributed by atoms with Crippen molar-refractivity contribution in [1.29, 1.82) is 0 Å². The fraction of sp³-hybridized carbons (Fsp3) is 0.333. The average Bonchev–Trinajstić information content (AvgIpc) is 3.15. The molecule has 0 bridgehead atoms. The van der Waals surface area contributed by atoms with Crippen molar-refractivity contribution in [3.05, 3.63) is 59.3 Å². The molecule has 2 aromatic heterocycles. The standard InChI is InChI=1S/C21H20F3N3O5S/c1-26-12-14(11-25-26)18-13-27(15-2-4-17(5-3-15)32-21(22,23)24)20(28)10-19(18)31-16-6-8-33(29,30)9-7-16/h2-5,10-13,16H,6-9H2,1H3. The molecule has 4 rings (SSSR count). The maximum atomic E-state index is 12.8. The Kier molecular flexibility index (Phi) is 5.95. The zero-order chi connectivity index (χ0) is 23.8. The van der Waals surface area contributed by atoms with Gasteiger partial charge >= 0.3 is 6.36 Å². The van der Waals surface area contributed by atoms with Gasteiger partial charge < -0.3 is 9.47 Å². The number of pyridine rings is 1. The molecule has 0 saturated carbocycles. The molecule has 3 aromatic rings. The second-order valence-corrected chi connectivity index (χ2v) is 9.98. The normalized spacial score (nSPS) is 16.5. The van der Waals surface area contributed by atoms with Crippen molar-refractivity contribution in [2.24, 2.45) is 7.05 Å². The Balaban J connectivity index is 1.69.